The topological polar surface area (TPSA) is 47.1 Å². The fraction of sp³-hybridized carbons (Fsp3) is 0.308. The minimum Gasteiger partial charge on any atom is -0.399 e. The molecule has 0 aliphatic carbocycles. The van der Waals surface area contributed by atoms with Crippen LogP contribution in [0.1, 0.15) is 11.3 Å². The molecule has 4 nitrogen and oxygen atoms in total. The third-order valence-corrected chi connectivity index (χ3v) is 3.66. The molecule has 1 aromatic heterocycles. The summed E-state index contributed by atoms with van der Waals surface area (Å²) < 4.78 is 1.98. The van der Waals surface area contributed by atoms with Gasteiger partial charge >= 0.3 is 0 Å². The molecule has 0 amide bonds. The van der Waals surface area contributed by atoms with Gasteiger partial charge in [-0.3, -0.25) is 0 Å². The minimum atomic E-state index is -0.593. The average molecular weight is 293 g/mol. The van der Waals surface area contributed by atoms with E-state index in [1.54, 1.807) is 0 Å². The maximum atomic E-state index is 5.84. The first-order chi connectivity index (χ1) is 10.9. The molecule has 0 spiro atoms. The normalized spacial score (nSPS) is 12.3. The Morgan fingerprint density at radius 1 is 1.22 bits per heavy atom. The van der Waals surface area contributed by atoms with Gasteiger partial charge < -0.3 is 15.2 Å². The Balaban J connectivity index is 0.000000277. The van der Waals surface area contributed by atoms with Gasteiger partial charge in [-0.1, -0.05) is 6.07 Å². The Labute approximate surface area is 144 Å². The number of imidazole rings is 1. The van der Waals surface area contributed by atoms with Crippen LogP contribution < -0.4 is 10.6 Å². The largest absolute Gasteiger partial charge is 0.399 e. The van der Waals surface area contributed by atoms with Gasteiger partial charge in [0, 0.05) is 74.9 Å². The summed E-state index contributed by atoms with van der Waals surface area (Å²) >= 11 is 0. The van der Waals surface area contributed by atoms with Crippen LogP contribution in [0, 0.1) is 0 Å². The van der Waals surface area contributed by atoms with E-state index in [-0.39, 0.29) is 0 Å². The third-order valence-electron chi connectivity index (χ3n) is 3.66. The Morgan fingerprint density at radius 3 is 2.48 bits per heavy atom. The molecule has 1 aliphatic heterocycles. The van der Waals surface area contributed by atoms with Crippen molar-refractivity contribution in [1.29, 1.82) is 0 Å². The maximum absolute atomic E-state index is 5.84. The fourth-order valence-corrected chi connectivity index (χ4v) is 2.37. The van der Waals surface area contributed by atoms with Gasteiger partial charge in [-0.2, -0.15) is 0 Å². The van der Waals surface area contributed by atoms with Crippen molar-refractivity contribution in [2.75, 3.05) is 17.2 Å². The molecular weight excluding hydrogens is 277 g/mol. The van der Waals surface area contributed by atoms with Gasteiger partial charge in [0.15, 0.2) is 0 Å². The fourth-order valence-electron chi connectivity index (χ4n) is 2.37. The molecule has 2 N–H and O–H groups in total. The van der Waals surface area contributed by atoms with Crippen molar-refractivity contribution in [1.82, 2.24) is 9.55 Å². The molecule has 1 aromatic carbocycles. The molecule has 106 valence electrons. The van der Waals surface area contributed by atoms with E-state index in [4.69, 9.17) is 36.7 Å². The van der Waals surface area contributed by atoms with Crippen molar-refractivity contribution in [2.24, 2.45) is 7.05 Å². The Morgan fingerprint density at radius 2 is 1.91 bits per heavy atom. The summed E-state index contributed by atoms with van der Waals surface area (Å²) in [7, 11) is 21.8. The highest BCUT2D eigenvalue weighted by atomic mass is 15.2. The minimum absolute atomic E-state index is 0.593. The van der Waals surface area contributed by atoms with Crippen LogP contribution >= 0.6 is 0 Å². The number of anilines is 2. The first kappa shape index (κ1) is 17.8. The van der Waals surface area contributed by atoms with Crippen molar-refractivity contribution in [3.8, 4) is 0 Å². The van der Waals surface area contributed by atoms with E-state index >= 15 is 0 Å². The molecule has 0 bridgehead atoms. The SMILES string of the molecule is Cn1cnc(CN2CCc3ccc(N)cc32)c1.[B]B([B])B([B])[B]. The van der Waals surface area contributed by atoms with Gasteiger partial charge in [-0.05, 0) is 24.1 Å². The zero-order chi connectivity index (χ0) is 17.0. The van der Waals surface area contributed by atoms with Gasteiger partial charge in [0.05, 0.1) is 18.6 Å². The van der Waals surface area contributed by atoms with Gasteiger partial charge in [-0.25, -0.2) is 4.98 Å². The first-order valence-electron chi connectivity index (χ1n) is 7.49. The molecular formula is C13H16B6N4. The molecule has 8 radical (unpaired) electrons. The molecule has 0 fully saturated rings. The lowest BCUT2D eigenvalue weighted by atomic mass is 8.81. The highest BCUT2D eigenvalue weighted by Gasteiger charge is 2.19. The van der Waals surface area contributed by atoms with E-state index in [0.717, 1.165) is 30.9 Å². The molecule has 3 rings (SSSR count). The number of hydrogen-bond donors (Lipinski definition) is 1. The predicted octanol–water partition coefficient (Wildman–Crippen LogP) is -0.720. The van der Waals surface area contributed by atoms with Crippen LogP contribution in [0.3, 0.4) is 0 Å². The summed E-state index contributed by atoms with van der Waals surface area (Å²) in [5.41, 5.74) is 10.4. The number of hydrogen-bond acceptors (Lipinski definition) is 3. The molecule has 0 atom stereocenters. The van der Waals surface area contributed by atoms with Crippen LogP contribution in [0.5, 0.6) is 0 Å². The summed E-state index contributed by atoms with van der Waals surface area (Å²) in [5, 5.41) is 0. The van der Waals surface area contributed by atoms with E-state index in [9.17, 15) is 0 Å². The highest BCUT2D eigenvalue weighted by molar-refractivity contribution is 7.76. The Bertz CT molecular complexity index is 639. The van der Waals surface area contributed by atoms with Crippen molar-refractivity contribution < 1.29 is 0 Å². The van der Waals surface area contributed by atoms with Crippen molar-refractivity contribution in [2.45, 2.75) is 13.0 Å². The lowest BCUT2D eigenvalue weighted by Crippen LogP contribution is -2.38. The predicted molar refractivity (Wildman–Crippen MR) is 103 cm³/mol. The van der Waals surface area contributed by atoms with Crippen LogP contribution in [0.15, 0.2) is 30.7 Å². The van der Waals surface area contributed by atoms with E-state index in [1.165, 1.54) is 11.3 Å². The number of aryl methyl sites for hydroxylation is 1. The first-order valence-corrected chi connectivity index (χ1v) is 7.49. The number of aromatic nitrogens is 2. The van der Waals surface area contributed by atoms with E-state index < -0.39 is 12.8 Å². The smallest absolute Gasteiger partial charge is 0.0947 e. The van der Waals surface area contributed by atoms with Gasteiger partial charge in [0.25, 0.3) is 0 Å². The molecule has 2 heterocycles. The van der Waals surface area contributed by atoms with Crippen LogP contribution in [0.25, 0.3) is 0 Å². The van der Waals surface area contributed by atoms with Gasteiger partial charge in [0.2, 0.25) is 0 Å². The molecule has 0 unspecified atom stereocenters. The maximum Gasteiger partial charge on any atom is 0.0947 e. The second-order valence-corrected chi connectivity index (χ2v) is 5.74. The van der Waals surface area contributed by atoms with Crippen LogP contribution in [-0.4, -0.2) is 59.8 Å². The summed E-state index contributed by atoms with van der Waals surface area (Å²) in [6, 6.07) is 6.16. The summed E-state index contributed by atoms with van der Waals surface area (Å²) in [5.74, 6) is 0. The number of nitrogens with zero attached hydrogens (tertiary/aromatic N) is 3. The molecule has 10 heteroatoms. The summed E-state index contributed by atoms with van der Waals surface area (Å²) in [6.45, 7) is 1.91. The molecule has 0 saturated carbocycles. The number of rotatable bonds is 3. The molecule has 2 aromatic rings. The molecule has 23 heavy (non-hydrogen) atoms. The summed E-state index contributed by atoms with van der Waals surface area (Å²) in [6.07, 6.45) is 3.81. The van der Waals surface area contributed by atoms with Gasteiger partial charge in [-0.15, -0.1) is 0 Å². The van der Waals surface area contributed by atoms with E-state index in [0.29, 0.717) is 0 Å². The Hall–Kier alpha value is -1.58. The zero-order valence-corrected chi connectivity index (χ0v) is 13.4. The Kier molecular flexibility index (Phi) is 6.03. The molecule has 0 saturated heterocycles. The lowest BCUT2D eigenvalue weighted by Gasteiger charge is -2.18. The number of nitrogens with two attached hydrogens (primary N) is 1. The number of nitrogen functional groups attached to an aromatic ring is 1. The monoisotopic (exact) mass is 294 g/mol. The molecule has 1 aliphatic rings. The zero-order valence-electron chi connectivity index (χ0n) is 13.4. The van der Waals surface area contributed by atoms with Crippen LogP contribution in [0.2, 0.25) is 0 Å². The number of benzene rings is 1. The second kappa shape index (κ2) is 7.80. The highest BCUT2D eigenvalue weighted by Crippen LogP contribution is 2.30. The summed E-state index contributed by atoms with van der Waals surface area (Å²) in [4.78, 5) is 6.71. The second-order valence-electron chi connectivity index (χ2n) is 5.74. The van der Waals surface area contributed by atoms with E-state index in [1.807, 2.05) is 24.0 Å². The van der Waals surface area contributed by atoms with Crippen molar-refractivity contribution in [3.05, 3.63) is 42.0 Å². The third kappa shape index (κ3) is 4.95. The van der Waals surface area contributed by atoms with E-state index in [2.05, 4.69) is 28.2 Å². The van der Waals surface area contributed by atoms with Crippen molar-refractivity contribution in [3.63, 3.8) is 0 Å². The quantitative estimate of drug-likeness (QED) is 0.600. The van der Waals surface area contributed by atoms with Crippen LogP contribution in [0.4, 0.5) is 11.4 Å². The standard InChI is InChI=1S/C13H16N4.B6/c1-16-7-12(15-9-16)8-17-5-4-10-2-3-11(14)6-13(10)17;1-5(2)6(3)4/h2-3,6-7,9H,4-5,8,14H2,1H3;. The van der Waals surface area contributed by atoms with Crippen molar-refractivity contribution >= 4 is 55.1 Å². The number of fused-ring (bicyclic) bond motifs is 1. The van der Waals surface area contributed by atoms with Gasteiger partial charge in [0.1, 0.15) is 0 Å². The lowest BCUT2D eigenvalue weighted by molar-refractivity contribution is 0.818. The van der Waals surface area contributed by atoms with Crippen LogP contribution in [-0.2, 0) is 20.0 Å². The average Bonchev–Trinajstić information content (AvgIpc) is 3.07.